The van der Waals surface area contributed by atoms with Crippen molar-refractivity contribution in [2.45, 2.75) is 17.9 Å². The summed E-state index contributed by atoms with van der Waals surface area (Å²) in [5.41, 5.74) is 1.15. The molecule has 8 heteroatoms. The number of benzene rings is 3. The number of rotatable bonds is 7. The number of anilines is 2. The number of nitrogens with one attached hydrogen (secondary N) is 3. The summed E-state index contributed by atoms with van der Waals surface area (Å²) >= 11 is 0. The second-order valence-corrected chi connectivity index (χ2v) is 8.23. The van der Waals surface area contributed by atoms with Gasteiger partial charge in [-0.1, -0.05) is 42.5 Å². The summed E-state index contributed by atoms with van der Waals surface area (Å²) in [7, 11) is -3.74. The van der Waals surface area contributed by atoms with E-state index in [0.29, 0.717) is 16.9 Å². The third-order valence-electron chi connectivity index (χ3n) is 4.21. The van der Waals surface area contributed by atoms with Crippen molar-refractivity contribution < 1.29 is 18.0 Å². The maximum Gasteiger partial charge on any atom is 0.261 e. The molecule has 1 atom stereocenters. The maximum atomic E-state index is 12.5. The molecule has 3 aromatic carbocycles. The molecule has 0 bridgehead atoms. The van der Waals surface area contributed by atoms with Crippen LogP contribution in [0.1, 0.15) is 17.3 Å². The van der Waals surface area contributed by atoms with Gasteiger partial charge in [-0.2, -0.15) is 0 Å². The van der Waals surface area contributed by atoms with E-state index in [0.717, 1.165) is 0 Å². The lowest BCUT2D eigenvalue weighted by Gasteiger charge is -2.15. The Morgan fingerprint density at radius 2 is 1.40 bits per heavy atom. The molecule has 0 saturated heterocycles. The van der Waals surface area contributed by atoms with Crippen LogP contribution in [0, 0.1) is 0 Å². The van der Waals surface area contributed by atoms with E-state index in [1.54, 1.807) is 73.7 Å². The van der Waals surface area contributed by atoms with Crippen LogP contribution in [0.2, 0.25) is 0 Å². The van der Waals surface area contributed by atoms with E-state index in [1.165, 1.54) is 18.2 Å². The van der Waals surface area contributed by atoms with Crippen molar-refractivity contribution in [3.05, 3.63) is 90.5 Å². The quantitative estimate of drug-likeness (QED) is 0.543. The van der Waals surface area contributed by atoms with Crippen LogP contribution in [0.5, 0.6) is 0 Å². The summed E-state index contributed by atoms with van der Waals surface area (Å²) in [6, 6.07) is 22.1. The standard InChI is InChI=1S/C22H21N3O4S/c1-16(23-22(27)17-9-4-2-5-10-17)21(26)24-18-11-8-12-19(15-18)25-30(28,29)20-13-6-3-7-14-20/h2-16,25H,1H3,(H,23,27)(H,24,26). The first kappa shape index (κ1) is 21.1. The van der Waals surface area contributed by atoms with Crippen molar-refractivity contribution in [2.75, 3.05) is 10.0 Å². The molecule has 0 spiro atoms. The number of hydrogen-bond acceptors (Lipinski definition) is 4. The molecular weight excluding hydrogens is 402 g/mol. The van der Waals surface area contributed by atoms with Crippen LogP contribution in [0.3, 0.4) is 0 Å². The summed E-state index contributed by atoms with van der Waals surface area (Å²) in [6.45, 7) is 1.57. The fourth-order valence-electron chi connectivity index (χ4n) is 2.66. The fourth-order valence-corrected chi connectivity index (χ4v) is 3.73. The van der Waals surface area contributed by atoms with Gasteiger partial charge in [-0.25, -0.2) is 8.42 Å². The smallest absolute Gasteiger partial charge is 0.261 e. The van der Waals surface area contributed by atoms with Crippen LogP contribution >= 0.6 is 0 Å². The van der Waals surface area contributed by atoms with Crippen molar-refractivity contribution in [3.8, 4) is 0 Å². The molecule has 0 saturated carbocycles. The van der Waals surface area contributed by atoms with Gasteiger partial charge >= 0.3 is 0 Å². The summed E-state index contributed by atoms with van der Waals surface area (Å²) in [5.74, 6) is -0.787. The number of carbonyl (C=O) groups excluding carboxylic acids is 2. The van der Waals surface area contributed by atoms with Crippen LogP contribution in [-0.2, 0) is 14.8 Å². The van der Waals surface area contributed by atoms with Crippen LogP contribution < -0.4 is 15.4 Å². The molecule has 3 rings (SSSR count). The monoisotopic (exact) mass is 423 g/mol. The van der Waals surface area contributed by atoms with Crippen molar-refractivity contribution in [3.63, 3.8) is 0 Å². The van der Waals surface area contributed by atoms with Crippen molar-refractivity contribution in [2.24, 2.45) is 0 Å². The highest BCUT2D eigenvalue weighted by molar-refractivity contribution is 7.92. The molecule has 0 aliphatic carbocycles. The van der Waals surface area contributed by atoms with E-state index in [4.69, 9.17) is 0 Å². The van der Waals surface area contributed by atoms with Crippen LogP contribution in [-0.4, -0.2) is 26.3 Å². The Hall–Kier alpha value is -3.65. The van der Waals surface area contributed by atoms with Gasteiger partial charge in [0.05, 0.1) is 10.6 Å². The number of carbonyl (C=O) groups is 2. The summed E-state index contributed by atoms with van der Waals surface area (Å²) < 4.78 is 27.4. The Labute approximate surface area is 175 Å². The topological polar surface area (TPSA) is 104 Å². The van der Waals surface area contributed by atoms with E-state index < -0.39 is 22.0 Å². The first-order valence-corrected chi connectivity index (χ1v) is 10.7. The molecule has 3 N–H and O–H groups in total. The lowest BCUT2D eigenvalue weighted by atomic mass is 10.2. The second-order valence-electron chi connectivity index (χ2n) is 6.55. The number of sulfonamides is 1. The zero-order chi connectivity index (χ0) is 21.6. The summed E-state index contributed by atoms with van der Waals surface area (Å²) in [4.78, 5) is 24.8. The molecule has 0 aliphatic heterocycles. The van der Waals surface area contributed by atoms with Gasteiger partial charge in [0, 0.05) is 11.3 Å². The molecular formula is C22H21N3O4S. The molecule has 0 radical (unpaired) electrons. The van der Waals surface area contributed by atoms with Crippen LogP contribution in [0.15, 0.2) is 89.8 Å². The Kier molecular flexibility index (Phi) is 6.48. The van der Waals surface area contributed by atoms with E-state index in [1.807, 2.05) is 0 Å². The highest BCUT2D eigenvalue weighted by Crippen LogP contribution is 2.19. The molecule has 1 unspecified atom stereocenters. The SMILES string of the molecule is CC(NC(=O)c1ccccc1)C(=O)Nc1cccc(NS(=O)(=O)c2ccccc2)c1. The van der Waals surface area contributed by atoms with Gasteiger partial charge < -0.3 is 10.6 Å². The lowest BCUT2D eigenvalue weighted by Crippen LogP contribution is -2.41. The van der Waals surface area contributed by atoms with Crippen molar-refractivity contribution in [1.29, 1.82) is 0 Å². The Morgan fingerprint density at radius 3 is 2.07 bits per heavy atom. The molecule has 7 nitrogen and oxygen atoms in total. The molecule has 3 aromatic rings. The average molecular weight is 423 g/mol. The van der Waals surface area contributed by atoms with Gasteiger partial charge in [-0.15, -0.1) is 0 Å². The van der Waals surface area contributed by atoms with Crippen LogP contribution in [0.4, 0.5) is 11.4 Å². The minimum absolute atomic E-state index is 0.136. The fraction of sp³-hybridized carbons (Fsp3) is 0.0909. The van der Waals surface area contributed by atoms with Gasteiger partial charge in [0.1, 0.15) is 6.04 Å². The maximum absolute atomic E-state index is 12.5. The van der Waals surface area contributed by atoms with Gasteiger partial charge in [0.25, 0.3) is 15.9 Å². The molecule has 154 valence electrons. The largest absolute Gasteiger partial charge is 0.341 e. The minimum Gasteiger partial charge on any atom is -0.341 e. The molecule has 0 heterocycles. The van der Waals surface area contributed by atoms with E-state index in [2.05, 4.69) is 15.4 Å². The van der Waals surface area contributed by atoms with E-state index >= 15 is 0 Å². The predicted molar refractivity (Wildman–Crippen MR) is 116 cm³/mol. The zero-order valence-electron chi connectivity index (χ0n) is 16.2. The predicted octanol–water partition coefficient (Wildman–Crippen LogP) is 3.24. The normalized spacial score (nSPS) is 11.9. The highest BCUT2D eigenvalue weighted by Gasteiger charge is 2.17. The molecule has 0 aliphatic rings. The van der Waals surface area contributed by atoms with Crippen molar-refractivity contribution >= 4 is 33.2 Å². The Bertz CT molecular complexity index is 1130. The zero-order valence-corrected chi connectivity index (χ0v) is 17.0. The lowest BCUT2D eigenvalue weighted by molar-refractivity contribution is -0.117. The van der Waals surface area contributed by atoms with Gasteiger partial charge in [-0.3, -0.25) is 14.3 Å². The Balaban J connectivity index is 1.64. The molecule has 0 aromatic heterocycles. The van der Waals surface area contributed by atoms with Crippen LogP contribution in [0.25, 0.3) is 0 Å². The molecule has 0 fully saturated rings. The number of hydrogen-bond donors (Lipinski definition) is 3. The first-order chi connectivity index (χ1) is 14.3. The minimum atomic E-state index is -3.74. The van der Waals surface area contributed by atoms with Gasteiger partial charge in [-0.05, 0) is 49.4 Å². The summed E-state index contributed by atoms with van der Waals surface area (Å²) in [5, 5.41) is 5.30. The summed E-state index contributed by atoms with van der Waals surface area (Å²) in [6.07, 6.45) is 0. The van der Waals surface area contributed by atoms with Gasteiger partial charge in [0.15, 0.2) is 0 Å². The molecule has 30 heavy (non-hydrogen) atoms. The van der Waals surface area contributed by atoms with E-state index in [-0.39, 0.29) is 10.8 Å². The third-order valence-corrected chi connectivity index (χ3v) is 5.61. The Morgan fingerprint density at radius 1 is 0.800 bits per heavy atom. The van der Waals surface area contributed by atoms with Gasteiger partial charge in [0.2, 0.25) is 5.91 Å². The third kappa shape index (κ3) is 5.45. The highest BCUT2D eigenvalue weighted by atomic mass is 32.2. The molecule has 2 amide bonds. The first-order valence-electron chi connectivity index (χ1n) is 9.20. The number of amides is 2. The average Bonchev–Trinajstić information content (AvgIpc) is 2.75. The van der Waals surface area contributed by atoms with E-state index in [9.17, 15) is 18.0 Å². The van der Waals surface area contributed by atoms with Crippen molar-refractivity contribution in [1.82, 2.24) is 5.32 Å². The second kappa shape index (κ2) is 9.23.